The van der Waals surface area contributed by atoms with Gasteiger partial charge >= 0.3 is 0 Å². The van der Waals surface area contributed by atoms with Gasteiger partial charge in [-0.05, 0) is 26.4 Å². The zero-order valence-electron chi connectivity index (χ0n) is 8.75. The Labute approximate surface area is 80.7 Å². The molecule has 0 radical (unpaired) electrons. The third kappa shape index (κ3) is 3.35. The third-order valence-electron chi connectivity index (χ3n) is 2.71. The first kappa shape index (κ1) is 10.5. The van der Waals surface area contributed by atoms with Crippen LogP contribution in [0.5, 0.6) is 0 Å². The van der Waals surface area contributed by atoms with Crippen LogP contribution >= 0.6 is 0 Å². The fourth-order valence-electron chi connectivity index (χ4n) is 1.55. The first-order valence-corrected chi connectivity index (χ1v) is 5.20. The van der Waals surface area contributed by atoms with Crippen LogP contribution in [0.4, 0.5) is 0 Å². The Hall–Kier alpha value is -0.570. The molecule has 0 aromatic rings. The van der Waals surface area contributed by atoms with Gasteiger partial charge in [0.25, 0.3) is 0 Å². The molecule has 1 heterocycles. The number of carbonyl (C=O) groups is 1. The maximum atomic E-state index is 11.4. The lowest BCUT2D eigenvalue weighted by atomic mass is 10.1. The van der Waals surface area contributed by atoms with Gasteiger partial charge in [0.15, 0.2) is 0 Å². The van der Waals surface area contributed by atoms with E-state index in [1.807, 2.05) is 4.90 Å². The first-order chi connectivity index (χ1) is 6.24. The van der Waals surface area contributed by atoms with Gasteiger partial charge in [0, 0.05) is 26.1 Å². The minimum Gasteiger partial charge on any atom is -0.341 e. The summed E-state index contributed by atoms with van der Waals surface area (Å²) in [7, 11) is 2.09. The van der Waals surface area contributed by atoms with Crippen LogP contribution in [-0.4, -0.2) is 48.9 Å². The van der Waals surface area contributed by atoms with Crippen molar-refractivity contribution in [3.8, 4) is 0 Å². The highest BCUT2D eigenvalue weighted by Gasteiger charge is 2.17. The lowest BCUT2D eigenvalue weighted by Gasteiger charge is -2.28. The number of likely N-dealkylation sites (N-methyl/N-ethyl adjacent to an activating group) is 1. The number of nitrogens with zero attached hydrogens (tertiary/aromatic N) is 2. The molecule has 1 rings (SSSR count). The van der Waals surface area contributed by atoms with Crippen molar-refractivity contribution in [1.29, 1.82) is 0 Å². The summed E-state index contributed by atoms with van der Waals surface area (Å²) < 4.78 is 0. The average Bonchev–Trinajstić information content (AvgIpc) is 2.16. The van der Waals surface area contributed by atoms with Crippen molar-refractivity contribution in [3.05, 3.63) is 0 Å². The third-order valence-corrected chi connectivity index (χ3v) is 2.71. The predicted octanol–water partition coefficient (Wildman–Crippen LogP) is 0.951. The Bertz CT molecular complexity index is 170. The van der Waals surface area contributed by atoms with Crippen LogP contribution < -0.4 is 0 Å². The van der Waals surface area contributed by atoms with E-state index >= 15 is 0 Å². The average molecular weight is 184 g/mol. The number of carbonyl (C=O) groups excluding carboxylic acids is 1. The second-order valence-corrected chi connectivity index (χ2v) is 3.73. The Morgan fingerprint density at radius 3 is 2.85 bits per heavy atom. The molecule has 0 aromatic heterocycles. The summed E-state index contributed by atoms with van der Waals surface area (Å²) in [5, 5.41) is 0. The van der Waals surface area contributed by atoms with E-state index in [1.54, 1.807) is 0 Å². The molecule has 1 aliphatic heterocycles. The molecule has 3 heteroatoms. The fraction of sp³-hybridized carbons (Fsp3) is 0.900. The molecule has 76 valence electrons. The van der Waals surface area contributed by atoms with Gasteiger partial charge in [-0.15, -0.1) is 0 Å². The Morgan fingerprint density at radius 2 is 2.23 bits per heavy atom. The van der Waals surface area contributed by atoms with Gasteiger partial charge in [-0.25, -0.2) is 0 Å². The number of hydrogen-bond acceptors (Lipinski definition) is 2. The molecule has 1 saturated heterocycles. The zero-order chi connectivity index (χ0) is 9.68. The van der Waals surface area contributed by atoms with Crippen LogP contribution in [0.3, 0.4) is 0 Å². The van der Waals surface area contributed by atoms with Crippen molar-refractivity contribution >= 4 is 5.91 Å². The van der Waals surface area contributed by atoms with Crippen molar-refractivity contribution in [2.75, 3.05) is 33.2 Å². The normalized spacial score (nSPS) is 18.4. The predicted molar refractivity (Wildman–Crippen MR) is 53.6 cm³/mol. The topological polar surface area (TPSA) is 23.6 Å². The summed E-state index contributed by atoms with van der Waals surface area (Å²) in [6.45, 7) is 6.07. The highest BCUT2D eigenvalue weighted by Crippen LogP contribution is 2.09. The van der Waals surface area contributed by atoms with Crippen LogP contribution in [0.2, 0.25) is 0 Å². The number of likely N-dealkylation sites (tertiary alicyclic amines) is 1. The molecule has 13 heavy (non-hydrogen) atoms. The van der Waals surface area contributed by atoms with Crippen LogP contribution in [0, 0.1) is 0 Å². The first-order valence-electron chi connectivity index (χ1n) is 5.20. The smallest absolute Gasteiger partial charge is 0.222 e. The number of piperidine rings is 1. The summed E-state index contributed by atoms with van der Waals surface area (Å²) in [6.07, 6.45) is 3.02. The summed E-state index contributed by atoms with van der Waals surface area (Å²) in [5.41, 5.74) is 0. The molecule has 0 atom stereocenters. The molecular formula is C10H20N2O. The molecule has 0 aliphatic carbocycles. The van der Waals surface area contributed by atoms with Crippen molar-refractivity contribution in [3.63, 3.8) is 0 Å². The highest BCUT2D eigenvalue weighted by molar-refractivity contribution is 5.76. The van der Waals surface area contributed by atoms with E-state index in [-0.39, 0.29) is 0 Å². The number of amides is 1. The Kier molecular flexibility index (Phi) is 4.22. The summed E-state index contributed by atoms with van der Waals surface area (Å²) in [6, 6.07) is 0. The van der Waals surface area contributed by atoms with E-state index in [2.05, 4.69) is 18.9 Å². The molecule has 0 spiro atoms. The number of rotatable bonds is 4. The Morgan fingerprint density at radius 1 is 1.46 bits per heavy atom. The van der Waals surface area contributed by atoms with E-state index in [9.17, 15) is 4.79 Å². The van der Waals surface area contributed by atoms with Crippen molar-refractivity contribution in [2.24, 2.45) is 0 Å². The highest BCUT2D eigenvalue weighted by atomic mass is 16.2. The van der Waals surface area contributed by atoms with Gasteiger partial charge in [0.2, 0.25) is 5.91 Å². The largest absolute Gasteiger partial charge is 0.341 e. The van der Waals surface area contributed by atoms with Gasteiger partial charge in [-0.1, -0.05) is 6.92 Å². The Balaban J connectivity index is 2.22. The maximum absolute atomic E-state index is 11.4. The molecular weight excluding hydrogens is 164 g/mol. The zero-order valence-corrected chi connectivity index (χ0v) is 8.75. The lowest BCUT2D eigenvalue weighted by Crippen LogP contribution is -2.40. The maximum Gasteiger partial charge on any atom is 0.222 e. The lowest BCUT2D eigenvalue weighted by molar-refractivity contribution is -0.133. The minimum absolute atomic E-state index is 0.343. The van der Waals surface area contributed by atoms with Gasteiger partial charge in [-0.3, -0.25) is 4.79 Å². The SMILES string of the molecule is CCN(C)CCN1CCCCC1=O. The molecule has 1 amide bonds. The molecule has 3 nitrogen and oxygen atoms in total. The molecule has 0 saturated carbocycles. The summed E-state index contributed by atoms with van der Waals surface area (Å²) >= 11 is 0. The molecule has 0 N–H and O–H groups in total. The number of hydrogen-bond donors (Lipinski definition) is 0. The van der Waals surface area contributed by atoms with E-state index < -0.39 is 0 Å². The fourth-order valence-corrected chi connectivity index (χ4v) is 1.55. The summed E-state index contributed by atoms with van der Waals surface area (Å²) in [5.74, 6) is 0.343. The monoisotopic (exact) mass is 184 g/mol. The van der Waals surface area contributed by atoms with Gasteiger partial charge < -0.3 is 9.80 Å². The van der Waals surface area contributed by atoms with E-state index in [0.29, 0.717) is 5.91 Å². The van der Waals surface area contributed by atoms with E-state index in [1.165, 1.54) is 6.42 Å². The quantitative estimate of drug-likeness (QED) is 0.649. The minimum atomic E-state index is 0.343. The van der Waals surface area contributed by atoms with Gasteiger partial charge in [0.1, 0.15) is 0 Å². The molecule has 0 bridgehead atoms. The molecule has 0 aromatic carbocycles. The standard InChI is InChI=1S/C10H20N2O/c1-3-11(2)8-9-12-7-5-4-6-10(12)13/h3-9H2,1-2H3. The van der Waals surface area contributed by atoms with Gasteiger partial charge in [0.05, 0.1) is 0 Å². The van der Waals surface area contributed by atoms with E-state index in [4.69, 9.17) is 0 Å². The van der Waals surface area contributed by atoms with Crippen LogP contribution in [0.25, 0.3) is 0 Å². The van der Waals surface area contributed by atoms with Crippen molar-refractivity contribution in [2.45, 2.75) is 26.2 Å². The second-order valence-electron chi connectivity index (χ2n) is 3.73. The van der Waals surface area contributed by atoms with Crippen LogP contribution in [-0.2, 0) is 4.79 Å². The van der Waals surface area contributed by atoms with Crippen LogP contribution in [0.1, 0.15) is 26.2 Å². The molecule has 1 aliphatic rings. The molecule has 0 unspecified atom stereocenters. The van der Waals surface area contributed by atoms with Gasteiger partial charge in [-0.2, -0.15) is 0 Å². The second kappa shape index (κ2) is 5.22. The van der Waals surface area contributed by atoms with E-state index in [0.717, 1.165) is 39.0 Å². The van der Waals surface area contributed by atoms with Crippen molar-refractivity contribution in [1.82, 2.24) is 9.80 Å². The molecule has 1 fully saturated rings. The van der Waals surface area contributed by atoms with Crippen LogP contribution in [0.15, 0.2) is 0 Å². The van der Waals surface area contributed by atoms with Crippen molar-refractivity contribution < 1.29 is 4.79 Å². The summed E-state index contributed by atoms with van der Waals surface area (Å²) in [4.78, 5) is 15.6.